The number of H-pyrrole nitrogens is 1. The number of aromatic nitrogens is 5. The zero-order chi connectivity index (χ0) is 30.7. The molecule has 220 valence electrons. The van der Waals surface area contributed by atoms with E-state index in [1.54, 1.807) is 18.9 Å². The number of benzene rings is 1. The number of rotatable bonds is 6. The van der Waals surface area contributed by atoms with Crippen molar-refractivity contribution in [2.24, 2.45) is 0 Å². The number of aromatic hydroxyl groups is 1. The molecule has 0 spiro atoms. The van der Waals surface area contributed by atoms with Crippen molar-refractivity contribution in [1.82, 2.24) is 24.7 Å². The third-order valence-electron chi connectivity index (χ3n) is 5.84. The third-order valence-corrected chi connectivity index (χ3v) is 5.84. The second kappa shape index (κ2) is 12.1. The smallest absolute Gasteiger partial charge is 0.425 e. The normalized spacial score (nSPS) is 12.6. The highest BCUT2D eigenvalue weighted by molar-refractivity contribution is 5.86. The summed E-state index contributed by atoms with van der Waals surface area (Å²) in [6.07, 6.45) is -1.14. The third kappa shape index (κ3) is 7.28. The van der Waals surface area contributed by atoms with Gasteiger partial charge in [-0.25, -0.2) is 28.2 Å². The number of halogens is 6. The average Bonchev–Trinajstić information content (AvgIpc) is 2.86. The van der Waals surface area contributed by atoms with E-state index >= 15 is 0 Å². The van der Waals surface area contributed by atoms with Crippen LogP contribution in [-0.2, 0) is 18.3 Å². The number of alkyl halides is 4. The highest BCUT2D eigenvalue weighted by atomic mass is 19.4. The van der Waals surface area contributed by atoms with Gasteiger partial charge < -0.3 is 14.8 Å². The number of aliphatic hydroxyl groups is 1. The molecule has 1 unspecified atom stereocenters. The Hall–Kier alpha value is -4.27. The van der Waals surface area contributed by atoms with Gasteiger partial charge in [0.25, 0.3) is 11.1 Å². The molecule has 41 heavy (non-hydrogen) atoms. The van der Waals surface area contributed by atoms with E-state index in [0.29, 0.717) is 18.2 Å². The standard InChI is InChI=1S/C21H22F3N3O2.C5H3F3N2O2/c1-4-5-13(22)10-27-11-18(24)14-6-16(17(23)7-15(14)20(27)28)19-25-8-12(9-26-19)21(2,3)29;6-5(7,8)3-2(11)1-9-10-4(3)12/h6-9,11,13,29H,4-5,10H2,1-3H3;1H,(H2,10,11,12). The summed E-state index contributed by atoms with van der Waals surface area (Å²) in [5.41, 5.74) is -4.55. The molecule has 0 aliphatic heterocycles. The van der Waals surface area contributed by atoms with Crippen molar-refractivity contribution >= 4 is 10.8 Å². The number of nitrogens with one attached hydrogen (secondary N) is 1. The van der Waals surface area contributed by atoms with Gasteiger partial charge in [-0.3, -0.25) is 9.59 Å². The molecule has 0 saturated heterocycles. The Morgan fingerprint density at radius 1 is 1.02 bits per heavy atom. The zero-order valence-electron chi connectivity index (χ0n) is 21.9. The Labute approximate surface area is 228 Å². The maximum atomic E-state index is 14.7. The Morgan fingerprint density at radius 3 is 2.17 bits per heavy atom. The first kappa shape index (κ1) is 31.3. The number of aromatic amines is 1. The molecule has 9 nitrogen and oxygen atoms in total. The first-order valence-corrected chi connectivity index (χ1v) is 12.1. The number of pyridine rings is 1. The molecule has 0 radical (unpaired) electrons. The van der Waals surface area contributed by atoms with Crippen molar-refractivity contribution in [3.05, 3.63) is 80.4 Å². The Balaban J connectivity index is 0.000000322. The predicted octanol–water partition coefficient (Wildman–Crippen LogP) is 4.60. The molecule has 0 bridgehead atoms. The maximum Gasteiger partial charge on any atom is 0.425 e. The van der Waals surface area contributed by atoms with Crippen LogP contribution in [0.3, 0.4) is 0 Å². The molecule has 1 atom stereocenters. The Kier molecular flexibility index (Phi) is 9.21. The number of hydrogen-bond acceptors (Lipinski definition) is 7. The van der Waals surface area contributed by atoms with Gasteiger partial charge in [-0.15, -0.1) is 0 Å². The van der Waals surface area contributed by atoms with Crippen molar-refractivity contribution in [1.29, 1.82) is 0 Å². The zero-order valence-corrected chi connectivity index (χ0v) is 21.9. The molecule has 4 rings (SSSR count). The van der Waals surface area contributed by atoms with Crippen LogP contribution in [-0.4, -0.2) is 41.1 Å². The van der Waals surface area contributed by atoms with Crippen molar-refractivity contribution in [3.8, 4) is 17.1 Å². The van der Waals surface area contributed by atoms with Gasteiger partial charge >= 0.3 is 6.18 Å². The van der Waals surface area contributed by atoms with E-state index in [-0.39, 0.29) is 35.1 Å². The molecule has 3 aromatic heterocycles. The predicted molar refractivity (Wildman–Crippen MR) is 136 cm³/mol. The molecular weight excluding hydrogens is 560 g/mol. The minimum absolute atomic E-state index is 0.00672. The first-order chi connectivity index (χ1) is 19.0. The van der Waals surface area contributed by atoms with E-state index in [0.717, 1.165) is 16.8 Å². The Morgan fingerprint density at radius 2 is 1.66 bits per heavy atom. The van der Waals surface area contributed by atoms with Crippen LogP contribution >= 0.6 is 0 Å². The topological polar surface area (TPSA) is 134 Å². The van der Waals surface area contributed by atoms with Crippen LogP contribution in [0.25, 0.3) is 22.2 Å². The molecule has 0 amide bonds. The van der Waals surface area contributed by atoms with Crippen LogP contribution in [0.4, 0.5) is 26.3 Å². The molecule has 15 heteroatoms. The quantitative estimate of drug-likeness (QED) is 0.282. The summed E-state index contributed by atoms with van der Waals surface area (Å²) >= 11 is 0. The summed E-state index contributed by atoms with van der Waals surface area (Å²) in [5.74, 6) is -2.75. The van der Waals surface area contributed by atoms with Crippen molar-refractivity contribution in [2.75, 3.05) is 0 Å². The summed E-state index contributed by atoms with van der Waals surface area (Å²) in [5, 5.41) is 22.9. The average molecular weight is 586 g/mol. The van der Waals surface area contributed by atoms with Gasteiger partial charge in [0, 0.05) is 29.5 Å². The van der Waals surface area contributed by atoms with E-state index < -0.39 is 52.0 Å². The second-order valence-corrected chi connectivity index (χ2v) is 9.51. The van der Waals surface area contributed by atoms with E-state index in [1.807, 2.05) is 6.92 Å². The van der Waals surface area contributed by atoms with Crippen molar-refractivity contribution < 1.29 is 36.6 Å². The lowest BCUT2D eigenvalue weighted by atomic mass is 10.0. The first-order valence-electron chi connectivity index (χ1n) is 12.1. The van der Waals surface area contributed by atoms with E-state index in [1.165, 1.54) is 18.5 Å². The fraction of sp³-hybridized carbons (Fsp3) is 0.346. The van der Waals surface area contributed by atoms with E-state index in [4.69, 9.17) is 5.11 Å². The SMILES string of the molecule is CCCC(F)Cn1cc(F)c2cc(-c3ncc(C(C)(C)O)cn3)c(F)cc2c1=O.O=c1[nH]ncc(O)c1C(F)(F)F. The van der Waals surface area contributed by atoms with Crippen LogP contribution in [0.15, 0.2) is 46.5 Å². The van der Waals surface area contributed by atoms with Crippen LogP contribution in [0.5, 0.6) is 5.75 Å². The molecule has 1 aromatic carbocycles. The lowest BCUT2D eigenvalue weighted by Gasteiger charge is -2.16. The fourth-order valence-corrected chi connectivity index (χ4v) is 3.74. The van der Waals surface area contributed by atoms with Crippen LogP contribution in [0, 0.1) is 11.6 Å². The molecular formula is C26H25F6N5O4. The molecule has 3 N–H and O–H groups in total. The maximum absolute atomic E-state index is 14.7. The van der Waals surface area contributed by atoms with Crippen LogP contribution in [0.1, 0.15) is 44.7 Å². The van der Waals surface area contributed by atoms with E-state index in [2.05, 4.69) is 15.1 Å². The Bertz CT molecular complexity index is 1650. The summed E-state index contributed by atoms with van der Waals surface area (Å²) in [6.45, 7) is 4.64. The summed E-state index contributed by atoms with van der Waals surface area (Å²) in [6, 6.07) is 2.09. The number of hydrogen-bond donors (Lipinski definition) is 3. The van der Waals surface area contributed by atoms with Gasteiger partial charge in [0.2, 0.25) is 0 Å². The van der Waals surface area contributed by atoms with Gasteiger partial charge in [-0.1, -0.05) is 13.3 Å². The summed E-state index contributed by atoms with van der Waals surface area (Å²) in [7, 11) is 0. The van der Waals surface area contributed by atoms with Gasteiger partial charge in [-0.05, 0) is 32.4 Å². The highest BCUT2D eigenvalue weighted by Crippen LogP contribution is 2.31. The molecule has 0 fully saturated rings. The van der Waals surface area contributed by atoms with Crippen molar-refractivity contribution in [2.45, 2.75) is 58.1 Å². The largest absolute Gasteiger partial charge is 0.505 e. The van der Waals surface area contributed by atoms with E-state index in [9.17, 15) is 41.0 Å². The summed E-state index contributed by atoms with van der Waals surface area (Å²) in [4.78, 5) is 31.2. The molecule has 0 aliphatic rings. The van der Waals surface area contributed by atoms with Gasteiger partial charge in [0.1, 0.15) is 17.8 Å². The molecule has 3 heterocycles. The lowest BCUT2D eigenvalue weighted by molar-refractivity contribution is -0.140. The number of fused-ring (bicyclic) bond motifs is 1. The summed E-state index contributed by atoms with van der Waals surface area (Å²) < 4.78 is 79.9. The van der Waals surface area contributed by atoms with Gasteiger partial charge in [-0.2, -0.15) is 18.3 Å². The van der Waals surface area contributed by atoms with Crippen LogP contribution < -0.4 is 11.1 Å². The van der Waals surface area contributed by atoms with Crippen molar-refractivity contribution in [3.63, 3.8) is 0 Å². The highest BCUT2D eigenvalue weighted by Gasteiger charge is 2.37. The minimum Gasteiger partial charge on any atom is -0.505 e. The van der Waals surface area contributed by atoms with Gasteiger partial charge in [0.15, 0.2) is 17.1 Å². The molecule has 0 aliphatic carbocycles. The fourth-order valence-electron chi connectivity index (χ4n) is 3.74. The molecule has 4 aromatic rings. The second-order valence-electron chi connectivity index (χ2n) is 9.51. The minimum atomic E-state index is -4.86. The van der Waals surface area contributed by atoms with Gasteiger partial charge in [0.05, 0.1) is 29.3 Å². The number of nitrogens with zero attached hydrogens (tertiary/aromatic N) is 4. The monoisotopic (exact) mass is 585 g/mol. The van der Waals surface area contributed by atoms with Crippen LogP contribution in [0.2, 0.25) is 0 Å². The molecule has 0 saturated carbocycles. The lowest BCUT2D eigenvalue weighted by Crippen LogP contribution is -2.25.